The van der Waals surface area contributed by atoms with E-state index >= 15 is 0 Å². The first-order valence-electron chi connectivity index (χ1n) is 9.56. The maximum atomic E-state index is 12.7. The number of aromatic nitrogens is 2. The number of amides is 1. The molecule has 0 atom stereocenters. The number of aryl methyl sites for hydroxylation is 1. The van der Waals surface area contributed by atoms with Crippen molar-refractivity contribution in [2.45, 2.75) is 39.4 Å². The van der Waals surface area contributed by atoms with Gasteiger partial charge in [0.05, 0.1) is 28.8 Å². The first kappa shape index (κ1) is 22.0. The van der Waals surface area contributed by atoms with Gasteiger partial charge in [-0.25, -0.2) is 9.78 Å². The average molecular weight is 446 g/mol. The summed E-state index contributed by atoms with van der Waals surface area (Å²) < 4.78 is 6.68. The van der Waals surface area contributed by atoms with Crippen LogP contribution in [0.15, 0.2) is 34.2 Å². The van der Waals surface area contributed by atoms with E-state index in [0.717, 1.165) is 10.4 Å². The average Bonchev–Trinajstić information content (AvgIpc) is 3.00. The molecule has 2 heterocycles. The third kappa shape index (κ3) is 4.41. The van der Waals surface area contributed by atoms with Crippen molar-refractivity contribution in [3.63, 3.8) is 0 Å². The van der Waals surface area contributed by atoms with E-state index in [1.807, 2.05) is 26.8 Å². The highest BCUT2D eigenvalue weighted by atomic mass is 32.2. The summed E-state index contributed by atoms with van der Waals surface area (Å²) in [5.41, 5.74) is 1.67. The molecule has 2 aromatic heterocycles. The van der Waals surface area contributed by atoms with E-state index in [9.17, 15) is 14.4 Å². The molecule has 0 saturated heterocycles. The van der Waals surface area contributed by atoms with E-state index in [2.05, 4.69) is 10.3 Å². The van der Waals surface area contributed by atoms with Gasteiger partial charge in [0, 0.05) is 11.4 Å². The predicted molar refractivity (Wildman–Crippen MR) is 121 cm³/mol. The third-order valence-corrected chi connectivity index (χ3v) is 6.69. The van der Waals surface area contributed by atoms with Gasteiger partial charge in [-0.05, 0) is 45.4 Å². The van der Waals surface area contributed by atoms with Crippen LogP contribution < -0.4 is 10.9 Å². The van der Waals surface area contributed by atoms with Crippen molar-refractivity contribution in [3.05, 3.63) is 50.6 Å². The van der Waals surface area contributed by atoms with Crippen LogP contribution in [-0.2, 0) is 16.1 Å². The number of thiophene rings is 1. The van der Waals surface area contributed by atoms with Crippen molar-refractivity contribution < 1.29 is 14.3 Å². The number of fused-ring (bicyclic) bond motifs is 1. The Bertz CT molecular complexity index is 1170. The maximum absolute atomic E-state index is 12.7. The number of rotatable bonds is 7. The lowest BCUT2D eigenvalue weighted by atomic mass is 10.1. The lowest BCUT2D eigenvalue weighted by Gasteiger charge is -2.11. The molecule has 30 heavy (non-hydrogen) atoms. The number of carbonyl (C=O) groups excluding carboxylic acids is 2. The minimum Gasteiger partial charge on any atom is -0.462 e. The maximum Gasteiger partial charge on any atom is 0.341 e. The van der Waals surface area contributed by atoms with Crippen LogP contribution in [0.2, 0.25) is 0 Å². The quantitative estimate of drug-likeness (QED) is 0.336. The first-order valence-corrected chi connectivity index (χ1v) is 11.4. The molecule has 3 aromatic rings. The summed E-state index contributed by atoms with van der Waals surface area (Å²) in [7, 11) is 0. The fourth-order valence-electron chi connectivity index (χ4n) is 2.99. The Labute approximate surface area is 182 Å². The summed E-state index contributed by atoms with van der Waals surface area (Å²) >= 11 is 2.54. The fourth-order valence-corrected chi connectivity index (χ4v) is 4.92. The van der Waals surface area contributed by atoms with E-state index in [4.69, 9.17) is 4.74 Å². The van der Waals surface area contributed by atoms with Crippen LogP contribution in [0.1, 0.15) is 34.6 Å². The van der Waals surface area contributed by atoms with E-state index in [1.165, 1.54) is 23.1 Å². The number of hydrogen-bond donors (Lipinski definition) is 1. The molecule has 1 N–H and O–H groups in total. The van der Waals surface area contributed by atoms with Gasteiger partial charge in [0.15, 0.2) is 5.16 Å². The molecule has 0 saturated carbocycles. The molecule has 3 rings (SSSR count). The lowest BCUT2D eigenvalue weighted by Crippen LogP contribution is -2.23. The minimum absolute atomic E-state index is 0.0586. The van der Waals surface area contributed by atoms with Crippen molar-refractivity contribution in [3.8, 4) is 0 Å². The highest BCUT2D eigenvalue weighted by Gasteiger charge is 2.22. The number of para-hydroxylation sites is 1. The predicted octanol–water partition coefficient (Wildman–Crippen LogP) is 4.00. The molecule has 0 unspecified atom stereocenters. The van der Waals surface area contributed by atoms with Crippen LogP contribution in [0, 0.1) is 13.8 Å². The molecule has 0 aliphatic heterocycles. The Morgan fingerprint density at radius 3 is 2.67 bits per heavy atom. The zero-order valence-electron chi connectivity index (χ0n) is 17.3. The molecule has 0 spiro atoms. The van der Waals surface area contributed by atoms with Gasteiger partial charge in [-0.2, -0.15) is 0 Å². The summed E-state index contributed by atoms with van der Waals surface area (Å²) in [5, 5.41) is 4.33. The first-order chi connectivity index (χ1) is 14.4. The van der Waals surface area contributed by atoms with Crippen molar-refractivity contribution in [2.24, 2.45) is 0 Å². The van der Waals surface area contributed by atoms with Crippen molar-refractivity contribution in [1.29, 1.82) is 0 Å². The van der Waals surface area contributed by atoms with Crippen molar-refractivity contribution >= 4 is 50.9 Å². The van der Waals surface area contributed by atoms with E-state index in [0.29, 0.717) is 33.2 Å². The summed E-state index contributed by atoms with van der Waals surface area (Å²) in [4.78, 5) is 43.1. The Balaban J connectivity index is 1.80. The summed E-state index contributed by atoms with van der Waals surface area (Å²) in [6.07, 6.45) is 0. The van der Waals surface area contributed by atoms with Gasteiger partial charge in [-0.3, -0.25) is 14.2 Å². The van der Waals surface area contributed by atoms with Gasteiger partial charge in [0.1, 0.15) is 5.00 Å². The number of hydrogen-bond acceptors (Lipinski definition) is 7. The number of esters is 1. The topological polar surface area (TPSA) is 90.3 Å². The number of thioether (sulfide) groups is 1. The SMILES string of the molecule is CCOC(=O)c1c(NC(=O)CSc2nc3ccccc3c(=O)n2CC)sc(C)c1C. The number of anilines is 1. The molecule has 1 aromatic carbocycles. The summed E-state index contributed by atoms with van der Waals surface area (Å²) in [6.45, 7) is 8.05. The second-order valence-electron chi connectivity index (χ2n) is 6.51. The molecular formula is C21H23N3O4S2. The number of ether oxygens (including phenoxy) is 1. The molecule has 7 nitrogen and oxygen atoms in total. The van der Waals surface area contributed by atoms with Gasteiger partial charge >= 0.3 is 5.97 Å². The zero-order valence-corrected chi connectivity index (χ0v) is 18.9. The minimum atomic E-state index is -0.446. The Morgan fingerprint density at radius 1 is 1.23 bits per heavy atom. The Morgan fingerprint density at radius 2 is 1.97 bits per heavy atom. The normalized spacial score (nSPS) is 10.9. The van der Waals surface area contributed by atoms with Gasteiger partial charge in [0.25, 0.3) is 5.56 Å². The molecule has 0 fully saturated rings. The third-order valence-electron chi connectivity index (χ3n) is 4.59. The van der Waals surface area contributed by atoms with Crippen molar-refractivity contribution in [2.75, 3.05) is 17.7 Å². The van der Waals surface area contributed by atoms with Crippen LogP contribution >= 0.6 is 23.1 Å². The van der Waals surface area contributed by atoms with Gasteiger partial charge in [0.2, 0.25) is 5.91 Å². The number of benzene rings is 1. The van der Waals surface area contributed by atoms with Crippen LogP contribution in [0.25, 0.3) is 10.9 Å². The fraction of sp³-hybridized carbons (Fsp3) is 0.333. The smallest absolute Gasteiger partial charge is 0.341 e. The Kier molecular flexibility index (Phi) is 6.94. The van der Waals surface area contributed by atoms with Gasteiger partial charge in [-0.1, -0.05) is 23.9 Å². The summed E-state index contributed by atoms with van der Waals surface area (Å²) in [6, 6.07) is 7.16. The van der Waals surface area contributed by atoms with Crippen LogP contribution in [0.4, 0.5) is 5.00 Å². The van der Waals surface area contributed by atoms with Crippen molar-refractivity contribution in [1.82, 2.24) is 9.55 Å². The highest BCUT2D eigenvalue weighted by Crippen LogP contribution is 2.33. The number of carbonyl (C=O) groups is 2. The monoisotopic (exact) mass is 445 g/mol. The molecule has 0 bridgehead atoms. The largest absolute Gasteiger partial charge is 0.462 e. The number of nitrogens with one attached hydrogen (secondary N) is 1. The molecule has 158 valence electrons. The molecule has 0 aliphatic carbocycles. The van der Waals surface area contributed by atoms with E-state index < -0.39 is 5.97 Å². The Hall–Kier alpha value is -2.65. The van der Waals surface area contributed by atoms with Crippen LogP contribution in [-0.4, -0.2) is 33.8 Å². The van der Waals surface area contributed by atoms with E-state index in [-0.39, 0.29) is 23.8 Å². The van der Waals surface area contributed by atoms with Crippen LogP contribution in [0.5, 0.6) is 0 Å². The lowest BCUT2D eigenvalue weighted by molar-refractivity contribution is -0.113. The molecule has 0 radical (unpaired) electrons. The molecule has 1 amide bonds. The molecular weight excluding hydrogens is 422 g/mol. The van der Waals surface area contributed by atoms with Gasteiger partial charge < -0.3 is 10.1 Å². The van der Waals surface area contributed by atoms with Gasteiger partial charge in [-0.15, -0.1) is 11.3 Å². The zero-order chi connectivity index (χ0) is 21.8. The second kappa shape index (κ2) is 9.44. The standard InChI is InChI=1S/C21H23N3O4S2/c1-5-24-19(26)14-9-7-8-10-15(14)22-21(24)29-11-16(25)23-18-17(20(27)28-6-2)12(3)13(4)30-18/h7-10H,5-6,11H2,1-4H3,(H,23,25). The molecule has 0 aliphatic rings. The van der Waals surface area contributed by atoms with E-state index in [1.54, 1.807) is 29.7 Å². The van der Waals surface area contributed by atoms with Crippen LogP contribution in [0.3, 0.4) is 0 Å². The second-order valence-corrected chi connectivity index (χ2v) is 8.67. The highest BCUT2D eigenvalue weighted by molar-refractivity contribution is 7.99. The summed E-state index contributed by atoms with van der Waals surface area (Å²) in [5.74, 6) is -0.668. The molecule has 9 heteroatoms. The number of nitrogens with zero attached hydrogens (tertiary/aromatic N) is 2.